The minimum Gasteiger partial charge on any atom is -0.468 e. The van der Waals surface area contributed by atoms with Crippen molar-refractivity contribution in [3.63, 3.8) is 0 Å². The molecule has 67 heavy (non-hydrogen) atoms. The highest BCUT2D eigenvalue weighted by Gasteiger charge is 2.36. The van der Waals surface area contributed by atoms with E-state index >= 15 is 0 Å². The number of aryl methyl sites for hydroxylation is 1. The average molecular weight is 927 g/mol. The Hall–Kier alpha value is -4.00. The maximum Gasteiger partial charge on any atom is 0.293 e. The summed E-state index contributed by atoms with van der Waals surface area (Å²) < 4.78 is 4.81. The summed E-state index contributed by atoms with van der Waals surface area (Å²) in [6.45, 7) is 29.9. The Morgan fingerprint density at radius 1 is 0.478 bits per heavy atom. The first-order chi connectivity index (χ1) is 31.7. The van der Waals surface area contributed by atoms with E-state index in [0.29, 0.717) is 98.7 Å². The molecule has 0 saturated carbocycles. The van der Waals surface area contributed by atoms with E-state index in [4.69, 9.17) is 4.74 Å². The molecule has 1 aromatic carbocycles. The van der Waals surface area contributed by atoms with Crippen LogP contribution in [0.2, 0.25) is 0 Å². The smallest absolute Gasteiger partial charge is 0.293 e. The van der Waals surface area contributed by atoms with Crippen LogP contribution in [0.25, 0.3) is 0 Å². The van der Waals surface area contributed by atoms with Gasteiger partial charge >= 0.3 is 0 Å². The third kappa shape index (κ3) is 25.8. The highest BCUT2D eigenvalue weighted by molar-refractivity contribution is 6.00. The molecule has 0 aromatic heterocycles. The molecule has 0 heterocycles. The average Bonchev–Trinajstić information content (AvgIpc) is 3.30. The third-order valence-corrected chi connectivity index (χ3v) is 14.6. The van der Waals surface area contributed by atoms with E-state index in [9.17, 15) is 28.8 Å². The van der Waals surface area contributed by atoms with Crippen LogP contribution in [-0.2, 0) is 35.1 Å². The topological polar surface area (TPSA) is 112 Å². The Morgan fingerprint density at radius 3 is 1.21 bits per heavy atom. The second-order valence-electron chi connectivity index (χ2n) is 21.1. The summed E-state index contributed by atoms with van der Waals surface area (Å²) in [5.41, 5.74) is 2.84. The normalized spacial score (nSPS) is 11.8. The van der Waals surface area contributed by atoms with Crippen LogP contribution in [0.4, 0.5) is 0 Å². The van der Waals surface area contributed by atoms with Crippen LogP contribution >= 0.6 is 0 Å². The Morgan fingerprint density at radius 2 is 0.836 bits per heavy atom. The van der Waals surface area contributed by atoms with Crippen molar-refractivity contribution in [1.82, 2.24) is 0 Å². The summed E-state index contributed by atoms with van der Waals surface area (Å²) in [4.78, 5) is 76.6. The predicted octanol–water partition coefficient (Wildman–Crippen LogP) is 16.1. The molecule has 7 heteroatoms. The lowest BCUT2D eigenvalue weighted by molar-refractivity contribution is -0.129. The second-order valence-corrected chi connectivity index (χ2v) is 21.1. The van der Waals surface area contributed by atoms with E-state index in [1.54, 1.807) is 27.7 Å². The molecule has 0 aliphatic heterocycles. The zero-order chi connectivity index (χ0) is 50.3. The van der Waals surface area contributed by atoms with Crippen LogP contribution in [0.5, 0.6) is 0 Å². The van der Waals surface area contributed by atoms with Gasteiger partial charge in [-0.05, 0) is 137 Å². The fourth-order valence-corrected chi connectivity index (χ4v) is 9.43. The molecule has 0 saturated heterocycles. The van der Waals surface area contributed by atoms with Crippen LogP contribution in [-0.4, -0.2) is 42.0 Å². The van der Waals surface area contributed by atoms with Crippen molar-refractivity contribution in [2.75, 3.05) is 6.61 Å². The van der Waals surface area contributed by atoms with Gasteiger partial charge in [-0.2, -0.15) is 0 Å². The van der Waals surface area contributed by atoms with Gasteiger partial charge in [-0.1, -0.05) is 161 Å². The van der Waals surface area contributed by atoms with Crippen molar-refractivity contribution in [2.24, 2.45) is 16.2 Å². The number of unbranched alkanes of at least 4 members (excludes halogenated alkanes) is 13. The molecule has 1 rings (SSSR count). The van der Waals surface area contributed by atoms with Crippen LogP contribution in [0, 0.1) is 16.2 Å². The van der Waals surface area contributed by atoms with E-state index in [-0.39, 0.29) is 39.7 Å². The number of benzene rings is 1. The third-order valence-electron chi connectivity index (χ3n) is 14.6. The summed E-state index contributed by atoms with van der Waals surface area (Å²) in [6.07, 6.45) is 26.0. The van der Waals surface area contributed by atoms with Gasteiger partial charge in [-0.15, -0.1) is 0 Å². The van der Waals surface area contributed by atoms with E-state index < -0.39 is 5.41 Å². The molecule has 0 bridgehead atoms. The van der Waals surface area contributed by atoms with Gasteiger partial charge in [0.05, 0.1) is 6.61 Å². The van der Waals surface area contributed by atoms with E-state index in [1.165, 1.54) is 38.5 Å². The summed E-state index contributed by atoms with van der Waals surface area (Å²) in [6, 6.07) is 8.04. The number of Topliss-reactive ketones (excluding diaryl/α,β-unsaturated/α-hetero) is 5. The number of carbonyl (C=O) groups excluding carboxylic acids is 6. The van der Waals surface area contributed by atoms with Gasteiger partial charge in [-0.3, -0.25) is 28.8 Å². The van der Waals surface area contributed by atoms with Crippen molar-refractivity contribution in [3.05, 3.63) is 84.0 Å². The van der Waals surface area contributed by atoms with Gasteiger partial charge in [0, 0.05) is 36.7 Å². The molecular weight excluding hydrogens is 833 g/mol. The standard InChI is InChI=1S/C60H94O7/c1-12-13-14-15-16-18-21-24-36-59(39-32-53(62)47(2)3,40-33-54(63)48(4)5)38-31-51-27-29-52(30-28-51)57(66)58(10,11)43-44-60(41-34-55(64)49(6)7,42-35-56(65)50(8)9)37-25-22-19-17-20-23-26-45-67-46-61/h27-30,46H,2,4,6,8,12-26,31-45H2,1,3,5,7,9-11H3. The molecule has 376 valence electrons. The molecule has 0 amide bonds. The van der Waals surface area contributed by atoms with Crippen molar-refractivity contribution >= 4 is 35.4 Å². The zero-order valence-electron chi connectivity index (χ0n) is 43.8. The number of rotatable bonds is 44. The van der Waals surface area contributed by atoms with E-state index in [0.717, 1.165) is 95.5 Å². The second kappa shape index (κ2) is 33.5. The molecule has 0 spiro atoms. The monoisotopic (exact) mass is 927 g/mol. The van der Waals surface area contributed by atoms with E-state index in [1.807, 2.05) is 26.0 Å². The number of carbonyl (C=O) groups is 6. The first-order valence-electron chi connectivity index (χ1n) is 26.2. The number of ether oxygens (including phenoxy) is 1. The zero-order valence-corrected chi connectivity index (χ0v) is 43.8. The molecule has 0 unspecified atom stereocenters. The van der Waals surface area contributed by atoms with Gasteiger partial charge in [0.25, 0.3) is 6.47 Å². The lowest BCUT2D eigenvalue weighted by atomic mass is 9.67. The number of hydrogen-bond acceptors (Lipinski definition) is 7. The maximum absolute atomic E-state index is 14.4. The highest BCUT2D eigenvalue weighted by Crippen LogP contribution is 2.45. The van der Waals surface area contributed by atoms with Crippen LogP contribution in [0.3, 0.4) is 0 Å². The molecule has 0 atom stereocenters. The number of allylic oxidation sites excluding steroid dienone is 4. The highest BCUT2D eigenvalue weighted by atomic mass is 16.5. The summed E-state index contributed by atoms with van der Waals surface area (Å²) in [7, 11) is 0. The summed E-state index contributed by atoms with van der Waals surface area (Å²) in [5, 5.41) is 0. The first-order valence-corrected chi connectivity index (χ1v) is 26.2. The van der Waals surface area contributed by atoms with Crippen LogP contribution in [0.15, 0.2) is 72.9 Å². The molecular formula is C60H94O7. The van der Waals surface area contributed by atoms with Crippen LogP contribution < -0.4 is 0 Å². The molecule has 0 aliphatic carbocycles. The first kappa shape index (κ1) is 61.0. The summed E-state index contributed by atoms with van der Waals surface area (Å²) in [5.74, 6) is 0.309. The Kier molecular flexibility index (Phi) is 30.5. The lowest BCUT2D eigenvalue weighted by Crippen LogP contribution is -2.30. The SMILES string of the molecule is C=C(C)C(=O)CCC(CCCCCCCCCC)(CCC(=O)C(=C)C)CCc1ccc(C(=O)C(C)(C)CCC(CCCCCCCCCOC=O)(CCC(=O)C(=C)C)CCC(=O)C(=C)C)cc1. The van der Waals surface area contributed by atoms with Crippen molar-refractivity contribution in [3.8, 4) is 0 Å². The number of hydrogen-bond donors (Lipinski definition) is 0. The minimum absolute atomic E-state index is 0.0377. The van der Waals surface area contributed by atoms with Gasteiger partial charge in [0.2, 0.25) is 0 Å². The maximum atomic E-state index is 14.4. The van der Waals surface area contributed by atoms with Crippen molar-refractivity contribution < 1.29 is 33.5 Å². The lowest BCUT2D eigenvalue weighted by Gasteiger charge is -2.37. The minimum atomic E-state index is -0.687. The van der Waals surface area contributed by atoms with Gasteiger partial charge in [0.1, 0.15) is 0 Å². The largest absolute Gasteiger partial charge is 0.468 e. The quantitative estimate of drug-likeness (QED) is 0.0277. The van der Waals surface area contributed by atoms with Crippen LogP contribution in [0.1, 0.15) is 244 Å². The van der Waals surface area contributed by atoms with Crippen molar-refractivity contribution in [1.29, 1.82) is 0 Å². The predicted molar refractivity (Wildman–Crippen MR) is 279 cm³/mol. The fourth-order valence-electron chi connectivity index (χ4n) is 9.43. The molecule has 0 fully saturated rings. The molecule has 0 radical (unpaired) electrons. The fraction of sp³-hybridized carbons (Fsp3) is 0.667. The molecule has 0 aliphatic rings. The van der Waals surface area contributed by atoms with Gasteiger partial charge < -0.3 is 4.74 Å². The van der Waals surface area contributed by atoms with Gasteiger partial charge in [-0.25, -0.2) is 0 Å². The molecule has 0 N–H and O–H groups in total. The molecule has 7 nitrogen and oxygen atoms in total. The van der Waals surface area contributed by atoms with Gasteiger partial charge in [0.15, 0.2) is 28.9 Å². The number of ketones is 5. The van der Waals surface area contributed by atoms with Crippen molar-refractivity contribution in [2.45, 2.75) is 235 Å². The Balaban J connectivity index is 3.30. The summed E-state index contributed by atoms with van der Waals surface area (Å²) >= 11 is 0. The Bertz CT molecular complexity index is 1680. The Labute approximate surface area is 408 Å². The van der Waals surface area contributed by atoms with E-state index in [2.05, 4.69) is 45.4 Å². The molecule has 1 aromatic rings.